The predicted molar refractivity (Wildman–Crippen MR) is 119 cm³/mol. The molecule has 0 aromatic heterocycles. The van der Waals surface area contributed by atoms with E-state index in [1.54, 1.807) is 13.1 Å². The second-order valence-corrected chi connectivity index (χ2v) is 7.80. The van der Waals surface area contributed by atoms with E-state index < -0.39 is 11.6 Å². The molecule has 9 heteroatoms. The Kier molecular flexibility index (Phi) is 9.38. The van der Waals surface area contributed by atoms with Crippen LogP contribution in [0.5, 0.6) is 0 Å². The van der Waals surface area contributed by atoms with E-state index in [1.807, 2.05) is 25.7 Å². The highest BCUT2D eigenvalue weighted by Crippen LogP contribution is 2.24. The van der Waals surface area contributed by atoms with Crippen molar-refractivity contribution in [2.45, 2.75) is 32.7 Å². The SMILES string of the molecule is CN=C(NCC(=O)NC(C)(C)C)NCC1CCN(c2ccc(F)c(F)c2)C1.I. The number of benzene rings is 1. The van der Waals surface area contributed by atoms with Crippen LogP contribution in [0.25, 0.3) is 0 Å². The first-order chi connectivity index (χ1) is 12.7. The van der Waals surface area contributed by atoms with Gasteiger partial charge in [-0.05, 0) is 45.2 Å². The lowest BCUT2D eigenvalue weighted by molar-refractivity contribution is -0.121. The molecule has 158 valence electrons. The van der Waals surface area contributed by atoms with Crippen LogP contribution >= 0.6 is 24.0 Å². The van der Waals surface area contributed by atoms with Crippen LogP contribution in [0.1, 0.15) is 27.2 Å². The van der Waals surface area contributed by atoms with Crippen LogP contribution in [-0.2, 0) is 4.79 Å². The summed E-state index contributed by atoms with van der Waals surface area (Å²) in [7, 11) is 1.65. The van der Waals surface area contributed by atoms with E-state index in [0.29, 0.717) is 24.1 Å². The maximum Gasteiger partial charge on any atom is 0.239 e. The van der Waals surface area contributed by atoms with Gasteiger partial charge in [0.05, 0.1) is 6.54 Å². The second kappa shape index (κ2) is 10.8. The molecular weight excluding hydrogens is 479 g/mol. The van der Waals surface area contributed by atoms with Gasteiger partial charge in [0.15, 0.2) is 17.6 Å². The van der Waals surface area contributed by atoms with Gasteiger partial charge in [0, 0.05) is 44.0 Å². The molecule has 0 bridgehead atoms. The summed E-state index contributed by atoms with van der Waals surface area (Å²) in [5.41, 5.74) is 0.417. The lowest BCUT2D eigenvalue weighted by Gasteiger charge is -2.21. The Morgan fingerprint density at radius 1 is 1.25 bits per heavy atom. The van der Waals surface area contributed by atoms with E-state index >= 15 is 0 Å². The van der Waals surface area contributed by atoms with Crippen LogP contribution in [0.3, 0.4) is 0 Å². The summed E-state index contributed by atoms with van der Waals surface area (Å²) in [6.45, 7) is 8.14. The van der Waals surface area contributed by atoms with Gasteiger partial charge in [-0.25, -0.2) is 8.78 Å². The van der Waals surface area contributed by atoms with Gasteiger partial charge >= 0.3 is 0 Å². The molecule has 1 saturated heterocycles. The summed E-state index contributed by atoms with van der Waals surface area (Å²) in [5, 5.41) is 9.09. The summed E-state index contributed by atoms with van der Waals surface area (Å²) >= 11 is 0. The standard InChI is InChI=1S/C19H29F2N5O.HI/c1-19(2,3)25-17(27)11-24-18(22-4)23-10-13-7-8-26(12-13)14-5-6-15(20)16(21)9-14;/h5-6,9,13H,7-8,10-12H2,1-4H3,(H,25,27)(H2,22,23,24);1H. The Hall–Kier alpha value is -1.65. The van der Waals surface area contributed by atoms with Crippen molar-refractivity contribution < 1.29 is 13.6 Å². The highest BCUT2D eigenvalue weighted by atomic mass is 127. The van der Waals surface area contributed by atoms with Crippen LogP contribution < -0.4 is 20.9 Å². The Morgan fingerprint density at radius 3 is 2.57 bits per heavy atom. The minimum atomic E-state index is -0.832. The van der Waals surface area contributed by atoms with Crippen molar-refractivity contribution in [1.82, 2.24) is 16.0 Å². The average molecular weight is 509 g/mol. The van der Waals surface area contributed by atoms with Gasteiger partial charge in [0.2, 0.25) is 5.91 Å². The minimum absolute atomic E-state index is 0. The van der Waals surface area contributed by atoms with Crippen molar-refractivity contribution in [3.63, 3.8) is 0 Å². The number of nitrogens with zero attached hydrogens (tertiary/aromatic N) is 2. The fraction of sp³-hybridized carbons (Fsp3) is 0.579. The van der Waals surface area contributed by atoms with Gasteiger partial charge in [0.25, 0.3) is 0 Å². The number of rotatable bonds is 5. The molecule has 1 aromatic rings. The van der Waals surface area contributed by atoms with Crippen LogP contribution in [0.4, 0.5) is 14.5 Å². The molecule has 0 spiro atoms. The van der Waals surface area contributed by atoms with Crippen LogP contribution in [-0.4, -0.2) is 50.6 Å². The zero-order valence-corrected chi connectivity index (χ0v) is 19.1. The number of carbonyl (C=O) groups excluding carboxylic acids is 1. The van der Waals surface area contributed by atoms with Crippen LogP contribution in [0.15, 0.2) is 23.2 Å². The van der Waals surface area contributed by atoms with Crippen molar-refractivity contribution in [3.05, 3.63) is 29.8 Å². The molecule has 1 atom stereocenters. The predicted octanol–water partition coefficient (Wildman–Crippen LogP) is 2.49. The van der Waals surface area contributed by atoms with E-state index in [1.165, 1.54) is 6.07 Å². The van der Waals surface area contributed by atoms with E-state index in [4.69, 9.17) is 0 Å². The Labute approximate surface area is 182 Å². The van der Waals surface area contributed by atoms with Gasteiger partial charge in [0.1, 0.15) is 0 Å². The first-order valence-corrected chi connectivity index (χ1v) is 9.13. The molecule has 0 saturated carbocycles. The molecule has 2 rings (SSSR count). The number of amides is 1. The number of halogens is 3. The molecule has 1 unspecified atom stereocenters. The first kappa shape index (κ1) is 24.4. The summed E-state index contributed by atoms with van der Waals surface area (Å²) in [5.74, 6) is -0.852. The fourth-order valence-electron chi connectivity index (χ4n) is 3.00. The van der Waals surface area contributed by atoms with Crippen molar-refractivity contribution in [1.29, 1.82) is 0 Å². The third-order valence-electron chi connectivity index (χ3n) is 4.27. The lowest BCUT2D eigenvalue weighted by atomic mass is 10.1. The van der Waals surface area contributed by atoms with Crippen molar-refractivity contribution in [2.24, 2.45) is 10.9 Å². The topological polar surface area (TPSA) is 68.8 Å². The maximum absolute atomic E-state index is 13.4. The second-order valence-electron chi connectivity index (χ2n) is 7.80. The van der Waals surface area contributed by atoms with E-state index in [2.05, 4.69) is 20.9 Å². The minimum Gasteiger partial charge on any atom is -0.371 e. The summed E-state index contributed by atoms with van der Waals surface area (Å²) < 4.78 is 26.5. The molecule has 28 heavy (non-hydrogen) atoms. The van der Waals surface area contributed by atoms with Gasteiger partial charge in [-0.1, -0.05) is 0 Å². The zero-order valence-electron chi connectivity index (χ0n) is 16.8. The first-order valence-electron chi connectivity index (χ1n) is 9.13. The van der Waals surface area contributed by atoms with Gasteiger partial charge < -0.3 is 20.9 Å². The van der Waals surface area contributed by atoms with E-state index in [-0.39, 0.29) is 42.0 Å². The number of hydrogen-bond acceptors (Lipinski definition) is 3. The summed E-state index contributed by atoms with van der Waals surface area (Å²) in [6.07, 6.45) is 0.938. The largest absolute Gasteiger partial charge is 0.371 e. The molecular formula is C19H30F2IN5O. The van der Waals surface area contributed by atoms with E-state index in [9.17, 15) is 13.6 Å². The quantitative estimate of drug-likeness (QED) is 0.324. The normalized spacial score (nSPS) is 17.1. The van der Waals surface area contributed by atoms with Gasteiger partial charge in [-0.3, -0.25) is 9.79 Å². The number of nitrogens with one attached hydrogen (secondary N) is 3. The lowest BCUT2D eigenvalue weighted by Crippen LogP contribution is -2.48. The Bertz CT molecular complexity index is 693. The summed E-state index contributed by atoms with van der Waals surface area (Å²) in [4.78, 5) is 18.0. The van der Waals surface area contributed by atoms with Crippen molar-refractivity contribution in [3.8, 4) is 0 Å². The zero-order chi connectivity index (χ0) is 20.0. The average Bonchev–Trinajstić information content (AvgIpc) is 3.05. The number of guanidine groups is 1. The summed E-state index contributed by atoms with van der Waals surface area (Å²) in [6, 6.07) is 3.99. The number of anilines is 1. The molecule has 1 aliphatic heterocycles. The smallest absolute Gasteiger partial charge is 0.239 e. The molecule has 0 radical (unpaired) electrons. The molecule has 1 heterocycles. The third kappa shape index (κ3) is 7.76. The van der Waals surface area contributed by atoms with E-state index in [0.717, 1.165) is 25.6 Å². The van der Waals surface area contributed by atoms with Crippen molar-refractivity contribution >= 4 is 41.5 Å². The maximum atomic E-state index is 13.4. The molecule has 6 nitrogen and oxygen atoms in total. The monoisotopic (exact) mass is 509 g/mol. The molecule has 1 aliphatic rings. The molecule has 0 aliphatic carbocycles. The molecule has 1 fully saturated rings. The number of aliphatic imine (C=N–C) groups is 1. The van der Waals surface area contributed by atoms with Gasteiger partial charge in [-0.2, -0.15) is 0 Å². The highest BCUT2D eigenvalue weighted by molar-refractivity contribution is 14.0. The Morgan fingerprint density at radius 2 is 1.96 bits per heavy atom. The third-order valence-corrected chi connectivity index (χ3v) is 4.27. The molecule has 1 aromatic carbocycles. The Balaban J connectivity index is 0.00000392. The number of carbonyl (C=O) groups is 1. The number of hydrogen-bond donors (Lipinski definition) is 3. The molecule has 1 amide bonds. The van der Waals surface area contributed by atoms with Crippen molar-refractivity contribution in [2.75, 3.05) is 38.1 Å². The fourth-order valence-corrected chi connectivity index (χ4v) is 3.00. The molecule has 3 N–H and O–H groups in total. The highest BCUT2D eigenvalue weighted by Gasteiger charge is 2.23. The van der Waals surface area contributed by atoms with Crippen LogP contribution in [0, 0.1) is 17.6 Å². The van der Waals surface area contributed by atoms with Gasteiger partial charge in [-0.15, -0.1) is 24.0 Å². The van der Waals surface area contributed by atoms with Crippen LogP contribution in [0.2, 0.25) is 0 Å².